The summed E-state index contributed by atoms with van der Waals surface area (Å²) in [6.45, 7) is 0.0727. The van der Waals surface area contributed by atoms with Gasteiger partial charge in [0.2, 0.25) is 10.0 Å². The van der Waals surface area contributed by atoms with E-state index in [0.29, 0.717) is 11.4 Å². The van der Waals surface area contributed by atoms with Crippen LogP contribution in [0.1, 0.15) is 21.9 Å². The topological polar surface area (TPSA) is 119 Å². The summed E-state index contributed by atoms with van der Waals surface area (Å²) in [5, 5.41) is 10.0. The molecular weight excluding hydrogens is 423 g/mol. The zero-order chi connectivity index (χ0) is 21.0. The SMILES string of the molecule is Cn1cnc(CNC(=O)c2ccc(CNS(=O)(=O)c3ccc(F)c(Cl)c3)nn2)c1. The lowest BCUT2D eigenvalue weighted by atomic mass is 10.3. The number of hydrogen-bond acceptors (Lipinski definition) is 6. The highest BCUT2D eigenvalue weighted by atomic mass is 35.5. The van der Waals surface area contributed by atoms with Crippen molar-refractivity contribution < 1.29 is 17.6 Å². The first-order valence-corrected chi connectivity index (χ1v) is 10.1. The van der Waals surface area contributed by atoms with Gasteiger partial charge in [-0.25, -0.2) is 22.5 Å². The molecule has 2 N–H and O–H groups in total. The van der Waals surface area contributed by atoms with Crippen molar-refractivity contribution in [3.8, 4) is 0 Å². The highest BCUT2D eigenvalue weighted by molar-refractivity contribution is 7.89. The van der Waals surface area contributed by atoms with Crippen LogP contribution in [0.5, 0.6) is 0 Å². The molecule has 9 nitrogen and oxygen atoms in total. The quantitative estimate of drug-likeness (QED) is 0.575. The number of benzene rings is 1. The minimum atomic E-state index is -3.92. The molecule has 0 spiro atoms. The highest BCUT2D eigenvalue weighted by Gasteiger charge is 2.16. The van der Waals surface area contributed by atoms with Crippen molar-refractivity contribution in [3.05, 3.63) is 70.8 Å². The van der Waals surface area contributed by atoms with Crippen LogP contribution in [-0.4, -0.2) is 34.1 Å². The smallest absolute Gasteiger partial charge is 0.272 e. The molecule has 0 aliphatic carbocycles. The number of aromatic nitrogens is 4. The lowest BCUT2D eigenvalue weighted by molar-refractivity contribution is 0.0944. The van der Waals surface area contributed by atoms with Gasteiger partial charge < -0.3 is 9.88 Å². The van der Waals surface area contributed by atoms with Crippen molar-refractivity contribution in [2.45, 2.75) is 18.0 Å². The molecule has 29 heavy (non-hydrogen) atoms. The molecule has 0 aliphatic rings. The molecule has 0 saturated heterocycles. The Labute approximate surface area is 171 Å². The zero-order valence-corrected chi connectivity index (χ0v) is 16.7. The van der Waals surface area contributed by atoms with Crippen LogP contribution in [0.3, 0.4) is 0 Å². The third-order valence-electron chi connectivity index (χ3n) is 3.79. The average Bonchev–Trinajstić information content (AvgIpc) is 3.12. The maximum absolute atomic E-state index is 13.2. The van der Waals surface area contributed by atoms with Crippen LogP contribution < -0.4 is 10.0 Å². The molecule has 12 heteroatoms. The van der Waals surface area contributed by atoms with Crippen LogP contribution in [0.15, 0.2) is 47.8 Å². The van der Waals surface area contributed by atoms with Gasteiger partial charge in [-0.3, -0.25) is 4.79 Å². The molecule has 0 fully saturated rings. The van der Waals surface area contributed by atoms with Crippen LogP contribution in [0.2, 0.25) is 5.02 Å². The van der Waals surface area contributed by atoms with E-state index in [1.807, 2.05) is 7.05 Å². The number of nitrogens with zero attached hydrogens (tertiary/aromatic N) is 4. The number of halogens is 2. The van der Waals surface area contributed by atoms with Gasteiger partial charge in [-0.2, -0.15) is 5.10 Å². The molecular formula is C17H16ClFN6O3S. The van der Waals surface area contributed by atoms with Gasteiger partial charge in [0.15, 0.2) is 5.69 Å². The summed E-state index contributed by atoms with van der Waals surface area (Å²) in [6.07, 6.45) is 3.40. The van der Waals surface area contributed by atoms with Crippen LogP contribution >= 0.6 is 11.6 Å². The van der Waals surface area contributed by atoms with E-state index in [4.69, 9.17) is 11.6 Å². The van der Waals surface area contributed by atoms with E-state index in [2.05, 4.69) is 25.2 Å². The second-order valence-corrected chi connectivity index (χ2v) is 8.20. The summed E-state index contributed by atoms with van der Waals surface area (Å²) < 4.78 is 41.8. The maximum Gasteiger partial charge on any atom is 0.272 e. The van der Waals surface area contributed by atoms with E-state index in [1.54, 1.807) is 17.1 Å². The molecule has 2 aromatic heterocycles. The van der Waals surface area contributed by atoms with E-state index >= 15 is 0 Å². The molecule has 3 rings (SSSR count). The van der Waals surface area contributed by atoms with Crippen LogP contribution in [-0.2, 0) is 30.2 Å². The van der Waals surface area contributed by atoms with Crippen molar-refractivity contribution in [1.82, 2.24) is 29.8 Å². The third kappa shape index (κ3) is 5.34. The van der Waals surface area contributed by atoms with Crippen molar-refractivity contribution in [1.29, 1.82) is 0 Å². The highest BCUT2D eigenvalue weighted by Crippen LogP contribution is 2.19. The van der Waals surface area contributed by atoms with Crippen molar-refractivity contribution in [3.63, 3.8) is 0 Å². The van der Waals surface area contributed by atoms with Crippen molar-refractivity contribution in [2.75, 3.05) is 0 Å². The molecule has 1 aromatic carbocycles. The molecule has 0 bridgehead atoms. The van der Waals surface area contributed by atoms with E-state index < -0.39 is 21.7 Å². The van der Waals surface area contributed by atoms with Gasteiger partial charge in [0.1, 0.15) is 5.82 Å². The minimum absolute atomic E-state index is 0.0813. The Hall–Kier alpha value is -2.89. The fourth-order valence-electron chi connectivity index (χ4n) is 2.29. The lowest BCUT2D eigenvalue weighted by Crippen LogP contribution is -2.26. The zero-order valence-electron chi connectivity index (χ0n) is 15.1. The van der Waals surface area contributed by atoms with E-state index in [9.17, 15) is 17.6 Å². The molecule has 152 valence electrons. The largest absolute Gasteiger partial charge is 0.345 e. The predicted octanol–water partition coefficient (Wildman–Crippen LogP) is 1.41. The molecule has 3 aromatic rings. The van der Waals surface area contributed by atoms with Gasteiger partial charge in [0, 0.05) is 13.2 Å². The van der Waals surface area contributed by atoms with Gasteiger partial charge in [0.05, 0.1) is 40.7 Å². The summed E-state index contributed by atoms with van der Waals surface area (Å²) >= 11 is 5.62. The summed E-state index contributed by atoms with van der Waals surface area (Å²) in [5.74, 6) is -1.15. The number of carbonyl (C=O) groups is 1. The number of amides is 1. The number of hydrogen-bond donors (Lipinski definition) is 2. The van der Waals surface area contributed by atoms with E-state index in [1.165, 1.54) is 12.1 Å². The fraction of sp³-hybridized carbons (Fsp3) is 0.176. The molecule has 0 radical (unpaired) electrons. The van der Waals surface area contributed by atoms with Crippen LogP contribution in [0.25, 0.3) is 0 Å². The number of rotatable bonds is 7. The summed E-state index contributed by atoms with van der Waals surface area (Å²) in [5.41, 5.74) is 1.07. The Morgan fingerprint density at radius 2 is 1.97 bits per heavy atom. The first-order valence-electron chi connectivity index (χ1n) is 8.27. The monoisotopic (exact) mass is 438 g/mol. The van der Waals surface area contributed by atoms with Crippen LogP contribution in [0, 0.1) is 5.82 Å². The maximum atomic E-state index is 13.2. The Bertz CT molecular complexity index is 1130. The molecule has 2 heterocycles. The molecule has 0 saturated carbocycles. The van der Waals surface area contributed by atoms with Crippen molar-refractivity contribution >= 4 is 27.5 Å². The second kappa shape index (κ2) is 8.64. The molecule has 0 atom stereocenters. The first-order chi connectivity index (χ1) is 13.7. The van der Waals surface area contributed by atoms with Gasteiger partial charge in [-0.1, -0.05) is 11.6 Å². The molecule has 0 aliphatic heterocycles. The van der Waals surface area contributed by atoms with Gasteiger partial charge in [-0.15, -0.1) is 5.10 Å². The number of sulfonamides is 1. The van der Waals surface area contributed by atoms with Gasteiger partial charge >= 0.3 is 0 Å². The number of aryl methyl sites for hydroxylation is 1. The lowest BCUT2D eigenvalue weighted by Gasteiger charge is -2.07. The Balaban J connectivity index is 1.58. The molecule has 0 unspecified atom stereocenters. The fourth-order valence-corrected chi connectivity index (χ4v) is 3.56. The third-order valence-corrected chi connectivity index (χ3v) is 5.47. The number of imidazole rings is 1. The summed E-state index contributed by atoms with van der Waals surface area (Å²) in [6, 6.07) is 5.99. The Morgan fingerprint density at radius 3 is 2.59 bits per heavy atom. The minimum Gasteiger partial charge on any atom is -0.345 e. The van der Waals surface area contributed by atoms with Crippen LogP contribution in [0.4, 0.5) is 4.39 Å². The number of nitrogens with one attached hydrogen (secondary N) is 2. The average molecular weight is 439 g/mol. The predicted molar refractivity (Wildman–Crippen MR) is 102 cm³/mol. The van der Waals surface area contributed by atoms with Gasteiger partial charge in [0.25, 0.3) is 5.91 Å². The second-order valence-electron chi connectivity index (χ2n) is 6.02. The molecule has 1 amide bonds. The first kappa shape index (κ1) is 20.8. The summed E-state index contributed by atoms with van der Waals surface area (Å²) in [4.78, 5) is 16.0. The summed E-state index contributed by atoms with van der Waals surface area (Å²) in [7, 11) is -2.10. The standard InChI is InChI=1S/C17H16ClFN6O3S/c1-25-9-12(21-10-25)7-20-17(26)16-5-2-11(23-24-16)8-22-29(27,28)13-3-4-15(19)14(18)6-13/h2-6,9-10,22H,7-8H2,1H3,(H,20,26). The van der Waals surface area contributed by atoms with Crippen molar-refractivity contribution in [2.24, 2.45) is 7.05 Å². The Morgan fingerprint density at radius 1 is 1.17 bits per heavy atom. The van der Waals surface area contributed by atoms with E-state index in [0.717, 1.165) is 18.2 Å². The number of carbonyl (C=O) groups excluding carboxylic acids is 1. The van der Waals surface area contributed by atoms with Gasteiger partial charge in [-0.05, 0) is 30.3 Å². The Kier molecular flexibility index (Phi) is 6.20. The normalized spacial score (nSPS) is 11.4. The van der Waals surface area contributed by atoms with E-state index in [-0.39, 0.29) is 28.7 Å².